The van der Waals surface area contributed by atoms with Gasteiger partial charge in [-0.25, -0.2) is 0 Å². The molecule has 2 aromatic heterocycles. The van der Waals surface area contributed by atoms with Crippen LogP contribution in [0.25, 0.3) is 16.9 Å². The number of nitrogens with one attached hydrogen (secondary N) is 1. The van der Waals surface area contributed by atoms with Crippen LogP contribution in [0.2, 0.25) is 0 Å². The number of hydrogen-bond acceptors (Lipinski definition) is 3. The molecule has 31 heavy (non-hydrogen) atoms. The summed E-state index contributed by atoms with van der Waals surface area (Å²) < 4.78 is 3.41. The first-order chi connectivity index (χ1) is 14.8. The SMILES string of the molecule is Cc1ccc(NC(=O)CCc2c(C)n(C)c3cc(-c4ccccc4C)nn3c2=O)cc1. The highest BCUT2D eigenvalue weighted by Crippen LogP contribution is 2.23. The van der Waals surface area contributed by atoms with Crippen molar-refractivity contribution in [1.82, 2.24) is 14.2 Å². The van der Waals surface area contributed by atoms with Crippen molar-refractivity contribution in [3.8, 4) is 11.3 Å². The van der Waals surface area contributed by atoms with E-state index in [1.54, 1.807) is 0 Å². The third-order valence-corrected chi connectivity index (χ3v) is 5.78. The fraction of sp³-hybridized carbons (Fsp3) is 0.240. The van der Waals surface area contributed by atoms with Crippen molar-refractivity contribution in [2.24, 2.45) is 7.05 Å². The van der Waals surface area contributed by atoms with Gasteiger partial charge in [-0.3, -0.25) is 9.59 Å². The molecule has 6 heteroatoms. The molecule has 0 unspecified atom stereocenters. The van der Waals surface area contributed by atoms with Crippen molar-refractivity contribution in [1.29, 1.82) is 0 Å². The molecule has 0 fully saturated rings. The molecule has 0 atom stereocenters. The lowest BCUT2D eigenvalue weighted by atomic mass is 10.1. The van der Waals surface area contributed by atoms with Gasteiger partial charge in [-0.05, 0) is 44.9 Å². The molecule has 1 amide bonds. The topological polar surface area (TPSA) is 68.4 Å². The predicted molar refractivity (Wildman–Crippen MR) is 123 cm³/mol. The number of carbonyl (C=O) groups is 1. The predicted octanol–water partition coefficient (Wildman–Crippen LogP) is 4.20. The van der Waals surface area contributed by atoms with Crippen LogP contribution in [0.1, 0.15) is 28.8 Å². The van der Waals surface area contributed by atoms with E-state index in [2.05, 4.69) is 10.4 Å². The number of carbonyl (C=O) groups excluding carboxylic acids is 1. The number of fused-ring (bicyclic) bond motifs is 1. The Kier molecular flexibility index (Phi) is 5.46. The Morgan fingerprint density at radius 1 is 1.03 bits per heavy atom. The van der Waals surface area contributed by atoms with Crippen molar-refractivity contribution >= 4 is 17.2 Å². The van der Waals surface area contributed by atoms with E-state index < -0.39 is 0 Å². The van der Waals surface area contributed by atoms with Crippen LogP contribution in [-0.4, -0.2) is 20.1 Å². The lowest BCUT2D eigenvalue weighted by Gasteiger charge is -2.12. The average molecular weight is 415 g/mol. The molecule has 0 aliphatic carbocycles. The van der Waals surface area contributed by atoms with Crippen LogP contribution in [0.4, 0.5) is 5.69 Å². The maximum Gasteiger partial charge on any atom is 0.277 e. The molecule has 2 aromatic carbocycles. The molecule has 0 spiro atoms. The summed E-state index contributed by atoms with van der Waals surface area (Å²) in [6, 6.07) is 17.6. The third-order valence-electron chi connectivity index (χ3n) is 5.78. The van der Waals surface area contributed by atoms with E-state index >= 15 is 0 Å². The Morgan fingerprint density at radius 2 is 1.74 bits per heavy atom. The van der Waals surface area contributed by atoms with E-state index in [9.17, 15) is 9.59 Å². The maximum absolute atomic E-state index is 13.2. The van der Waals surface area contributed by atoms with Crippen molar-refractivity contribution in [2.45, 2.75) is 33.6 Å². The van der Waals surface area contributed by atoms with E-state index in [0.717, 1.165) is 39.4 Å². The summed E-state index contributed by atoms with van der Waals surface area (Å²) in [5.74, 6) is -0.119. The molecule has 158 valence electrons. The zero-order valence-corrected chi connectivity index (χ0v) is 18.3. The van der Waals surface area contributed by atoms with Gasteiger partial charge in [0.15, 0.2) is 0 Å². The fourth-order valence-corrected chi connectivity index (χ4v) is 3.80. The molecule has 1 N–H and O–H groups in total. The van der Waals surface area contributed by atoms with Gasteiger partial charge in [-0.2, -0.15) is 9.61 Å². The summed E-state index contributed by atoms with van der Waals surface area (Å²) in [6.07, 6.45) is 0.576. The van der Waals surface area contributed by atoms with Gasteiger partial charge in [-0.1, -0.05) is 42.0 Å². The zero-order chi connectivity index (χ0) is 22.1. The van der Waals surface area contributed by atoms with Crippen LogP contribution in [0.5, 0.6) is 0 Å². The largest absolute Gasteiger partial charge is 0.333 e. The van der Waals surface area contributed by atoms with Crippen LogP contribution in [0, 0.1) is 20.8 Å². The smallest absolute Gasteiger partial charge is 0.277 e. The molecule has 0 bridgehead atoms. The van der Waals surface area contributed by atoms with Crippen molar-refractivity contribution in [3.05, 3.63) is 87.3 Å². The minimum absolute atomic E-state index is 0.119. The Morgan fingerprint density at radius 3 is 2.45 bits per heavy atom. The van der Waals surface area contributed by atoms with Gasteiger partial charge < -0.3 is 9.88 Å². The Hall–Kier alpha value is -3.67. The third kappa shape index (κ3) is 4.01. The first kappa shape index (κ1) is 20.6. The van der Waals surface area contributed by atoms with Gasteiger partial charge in [0.1, 0.15) is 5.65 Å². The molecular formula is C25H26N4O2. The number of aromatic nitrogens is 3. The summed E-state index contributed by atoms with van der Waals surface area (Å²) in [5, 5.41) is 7.48. The minimum atomic E-state index is -0.173. The van der Waals surface area contributed by atoms with Gasteiger partial charge >= 0.3 is 0 Å². The zero-order valence-electron chi connectivity index (χ0n) is 18.3. The van der Waals surface area contributed by atoms with Gasteiger partial charge in [-0.15, -0.1) is 0 Å². The Balaban J connectivity index is 1.62. The van der Waals surface area contributed by atoms with Crippen LogP contribution >= 0.6 is 0 Å². The van der Waals surface area contributed by atoms with Gasteiger partial charge in [0, 0.05) is 42.0 Å². The molecule has 4 rings (SSSR count). The molecule has 0 saturated carbocycles. The number of amides is 1. The Labute approximate surface area is 181 Å². The van der Waals surface area contributed by atoms with Crippen molar-refractivity contribution in [2.75, 3.05) is 5.32 Å². The molecule has 4 aromatic rings. The monoisotopic (exact) mass is 414 g/mol. The number of aryl methyl sites for hydroxylation is 3. The summed E-state index contributed by atoms with van der Waals surface area (Å²) in [6.45, 7) is 5.94. The number of rotatable bonds is 5. The molecule has 0 saturated heterocycles. The van der Waals surface area contributed by atoms with E-state index in [1.807, 2.05) is 87.0 Å². The molecule has 6 nitrogen and oxygen atoms in total. The van der Waals surface area contributed by atoms with Gasteiger partial charge in [0.2, 0.25) is 5.91 Å². The van der Waals surface area contributed by atoms with Crippen LogP contribution in [-0.2, 0) is 18.3 Å². The summed E-state index contributed by atoms with van der Waals surface area (Å²) in [7, 11) is 1.92. The molecule has 0 aliphatic rings. The first-order valence-corrected chi connectivity index (χ1v) is 10.4. The van der Waals surface area contributed by atoms with Gasteiger partial charge in [0.25, 0.3) is 5.56 Å². The standard InChI is InChI=1S/C25H26N4O2/c1-16-9-11-19(12-10-16)26-23(30)14-13-21-18(3)28(4)24-15-22(27-29(24)25(21)31)20-8-6-5-7-17(20)2/h5-12,15H,13-14H2,1-4H3,(H,26,30). The lowest BCUT2D eigenvalue weighted by Crippen LogP contribution is -2.26. The summed E-state index contributed by atoms with van der Waals surface area (Å²) in [5.41, 5.74) is 6.76. The highest BCUT2D eigenvalue weighted by atomic mass is 16.1. The second-order valence-corrected chi connectivity index (χ2v) is 7.96. The molecule has 0 aliphatic heterocycles. The van der Waals surface area contributed by atoms with Crippen LogP contribution in [0.3, 0.4) is 0 Å². The average Bonchev–Trinajstić information content (AvgIpc) is 3.20. The normalized spacial score (nSPS) is 11.1. The van der Waals surface area contributed by atoms with Crippen molar-refractivity contribution in [3.63, 3.8) is 0 Å². The number of anilines is 1. The second kappa shape index (κ2) is 8.22. The number of benzene rings is 2. The number of nitrogens with zero attached hydrogens (tertiary/aromatic N) is 3. The molecule has 0 radical (unpaired) electrons. The van der Waals surface area contributed by atoms with E-state index in [-0.39, 0.29) is 17.9 Å². The highest BCUT2D eigenvalue weighted by molar-refractivity contribution is 5.90. The minimum Gasteiger partial charge on any atom is -0.333 e. The van der Waals surface area contributed by atoms with Crippen LogP contribution in [0.15, 0.2) is 59.4 Å². The van der Waals surface area contributed by atoms with Crippen molar-refractivity contribution < 1.29 is 4.79 Å². The fourth-order valence-electron chi connectivity index (χ4n) is 3.80. The summed E-state index contributed by atoms with van der Waals surface area (Å²) >= 11 is 0. The first-order valence-electron chi connectivity index (χ1n) is 10.4. The maximum atomic E-state index is 13.2. The molecular weight excluding hydrogens is 388 g/mol. The quantitative estimate of drug-likeness (QED) is 0.532. The second-order valence-electron chi connectivity index (χ2n) is 7.96. The summed E-state index contributed by atoms with van der Waals surface area (Å²) in [4.78, 5) is 25.6. The molecule has 2 heterocycles. The van der Waals surface area contributed by atoms with Gasteiger partial charge in [0.05, 0.1) is 5.69 Å². The van der Waals surface area contributed by atoms with E-state index in [0.29, 0.717) is 12.0 Å². The van der Waals surface area contributed by atoms with E-state index in [1.165, 1.54) is 4.52 Å². The van der Waals surface area contributed by atoms with E-state index in [4.69, 9.17) is 0 Å². The number of hydrogen-bond donors (Lipinski definition) is 1. The Bertz CT molecular complexity index is 1330. The highest BCUT2D eigenvalue weighted by Gasteiger charge is 2.17. The van der Waals surface area contributed by atoms with Crippen LogP contribution < -0.4 is 10.9 Å². The lowest BCUT2D eigenvalue weighted by molar-refractivity contribution is -0.116.